The Bertz CT molecular complexity index is 2530. The average molecular weight is 631 g/mol. The SMILES string of the molecule is c1ccc(-c2ccc(N(c3ccc(-c4cc5sc6ccccc6c5cn4)cc3)c3ccc(-c4cccc5ccccc45)cc3)cc2)cc1. The van der Waals surface area contributed by atoms with E-state index in [1.807, 2.05) is 17.5 Å². The van der Waals surface area contributed by atoms with Crippen molar-refractivity contribution in [2.24, 2.45) is 0 Å². The molecule has 226 valence electrons. The van der Waals surface area contributed by atoms with Gasteiger partial charge in [0.2, 0.25) is 0 Å². The highest BCUT2D eigenvalue weighted by Gasteiger charge is 2.15. The van der Waals surface area contributed by atoms with Crippen molar-refractivity contribution in [2.45, 2.75) is 0 Å². The van der Waals surface area contributed by atoms with Gasteiger partial charge in [-0.25, -0.2) is 0 Å². The molecule has 0 spiro atoms. The molecule has 0 N–H and O–H groups in total. The normalized spacial score (nSPS) is 11.3. The third-order valence-corrected chi connectivity index (χ3v) is 10.3. The predicted octanol–water partition coefficient (Wildman–Crippen LogP) is 13.1. The number of benzene rings is 7. The van der Waals surface area contributed by atoms with Crippen LogP contribution in [0.2, 0.25) is 0 Å². The van der Waals surface area contributed by atoms with Crippen LogP contribution >= 0.6 is 11.3 Å². The van der Waals surface area contributed by atoms with E-state index < -0.39 is 0 Å². The largest absolute Gasteiger partial charge is 0.311 e. The first-order valence-electron chi connectivity index (χ1n) is 16.2. The minimum atomic E-state index is 0.985. The molecule has 0 amide bonds. The molecule has 2 nitrogen and oxygen atoms in total. The van der Waals surface area contributed by atoms with Gasteiger partial charge in [0.15, 0.2) is 0 Å². The fraction of sp³-hybridized carbons (Fsp3) is 0. The van der Waals surface area contributed by atoms with Crippen LogP contribution < -0.4 is 4.90 Å². The highest BCUT2D eigenvalue weighted by Crippen LogP contribution is 2.39. The molecule has 0 bridgehead atoms. The van der Waals surface area contributed by atoms with Crippen LogP contribution in [0.4, 0.5) is 17.1 Å². The summed E-state index contributed by atoms with van der Waals surface area (Å²) in [7, 11) is 0. The summed E-state index contributed by atoms with van der Waals surface area (Å²) in [6, 6.07) is 63.0. The topological polar surface area (TPSA) is 16.1 Å². The predicted molar refractivity (Wildman–Crippen MR) is 206 cm³/mol. The first-order chi connectivity index (χ1) is 23.8. The van der Waals surface area contributed by atoms with Crippen LogP contribution in [0.1, 0.15) is 0 Å². The number of hydrogen-bond acceptors (Lipinski definition) is 3. The van der Waals surface area contributed by atoms with Crippen molar-refractivity contribution in [3.8, 4) is 33.5 Å². The van der Waals surface area contributed by atoms with Crippen molar-refractivity contribution in [1.82, 2.24) is 4.98 Å². The number of anilines is 3. The van der Waals surface area contributed by atoms with E-state index in [4.69, 9.17) is 4.98 Å². The second kappa shape index (κ2) is 12.0. The average Bonchev–Trinajstić information content (AvgIpc) is 3.54. The van der Waals surface area contributed by atoms with Crippen molar-refractivity contribution >= 4 is 59.3 Å². The van der Waals surface area contributed by atoms with E-state index in [1.54, 1.807) is 0 Å². The number of hydrogen-bond donors (Lipinski definition) is 0. The molecule has 0 saturated heterocycles. The summed E-state index contributed by atoms with van der Waals surface area (Å²) in [6.45, 7) is 0. The molecule has 0 aliphatic carbocycles. The molecular weight excluding hydrogens is 601 g/mol. The van der Waals surface area contributed by atoms with Crippen LogP contribution in [-0.4, -0.2) is 4.98 Å². The monoisotopic (exact) mass is 630 g/mol. The van der Waals surface area contributed by atoms with E-state index in [-0.39, 0.29) is 0 Å². The number of nitrogens with zero attached hydrogens (tertiary/aromatic N) is 2. The Kier molecular flexibility index (Phi) is 7.03. The lowest BCUT2D eigenvalue weighted by atomic mass is 9.98. The molecule has 0 unspecified atom stereocenters. The van der Waals surface area contributed by atoms with Gasteiger partial charge in [-0.15, -0.1) is 11.3 Å². The summed E-state index contributed by atoms with van der Waals surface area (Å²) < 4.78 is 2.55. The minimum Gasteiger partial charge on any atom is -0.311 e. The molecule has 0 aliphatic rings. The van der Waals surface area contributed by atoms with Crippen molar-refractivity contribution < 1.29 is 0 Å². The lowest BCUT2D eigenvalue weighted by Gasteiger charge is -2.26. The molecule has 2 heterocycles. The number of thiophene rings is 1. The third-order valence-electron chi connectivity index (χ3n) is 9.14. The Balaban J connectivity index is 1.10. The van der Waals surface area contributed by atoms with Gasteiger partial charge < -0.3 is 4.90 Å². The smallest absolute Gasteiger partial charge is 0.0716 e. The van der Waals surface area contributed by atoms with Gasteiger partial charge in [-0.2, -0.15) is 0 Å². The molecule has 3 heteroatoms. The number of rotatable bonds is 6. The molecule has 2 aromatic heterocycles. The molecule has 0 radical (unpaired) electrons. The molecule has 0 atom stereocenters. The number of aromatic nitrogens is 1. The van der Waals surface area contributed by atoms with Gasteiger partial charge in [-0.05, 0) is 81.6 Å². The Morgan fingerprint density at radius 1 is 0.396 bits per heavy atom. The molecular formula is C45H30N2S. The Morgan fingerprint density at radius 2 is 0.958 bits per heavy atom. The fourth-order valence-electron chi connectivity index (χ4n) is 6.71. The lowest BCUT2D eigenvalue weighted by Crippen LogP contribution is -2.09. The van der Waals surface area contributed by atoms with Crippen LogP contribution in [0, 0.1) is 0 Å². The second-order valence-electron chi connectivity index (χ2n) is 12.0. The van der Waals surface area contributed by atoms with Crippen LogP contribution in [0.3, 0.4) is 0 Å². The summed E-state index contributed by atoms with van der Waals surface area (Å²) in [5, 5.41) is 5.00. The molecule has 0 fully saturated rings. The highest BCUT2D eigenvalue weighted by atomic mass is 32.1. The van der Waals surface area contributed by atoms with Gasteiger partial charge in [0, 0.05) is 49.0 Å². The Labute approximate surface area is 283 Å². The first-order valence-corrected chi connectivity index (χ1v) is 17.0. The molecule has 9 rings (SSSR count). The van der Waals surface area contributed by atoms with Gasteiger partial charge in [0.1, 0.15) is 0 Å². The van der Waals surface area contributed by atoms with E-state index in [9.17, 15) is 0 Å². The lowest BCUT2D eigenvalue weighted by molar-refractivity contribution is 1.28. The van der Waals surface area contributed by atoms with Crippen molar-refractivity contribution in [3.63, 3.8) is 0 Å². The molecule has 48 heavy (non-hydrogen) atoms. The van der Waals surface area contributed by atoms with E-state index in [1.165, 1.54) is 53.2 Å². The third kappa shape index (κ3) is 5.11. The maximum Gasteiger partial charge on any atom is 0.0716 e. The zero-order chi connectivity index (χ0) is 31.9. The Morgan fingerprint density at radius 3 is 1.69 bits per heavy atom. The summed E-state index contributed by atoms with van der Waals surface area (Å²) in [5.41, 5.74) is 10.2. The maximum atomic E-state index is 4.88. The van der Waals surface area contributed by atoms with Gasteiger partial charge in [0.05, 0.1) is 5.69 Å². The van der Waals surface area contributed by atoms with Gasteiger partial charge in [0.25, 0.3) is 0 Å². The minimum absolute atomic E-state index is 0.985. The second-order valence-corrected chi connectivity index (χ2v) is 13.1. The fourth-order valence-corrected chi connectivity index (χ4v) is 7.82. The van der Waals surface area contributed by atoms with Crippen LogP contribution in [0.5, 0.6) is 0 Å². The molecule has 9 aromatic rings. The summed E-state index contributed by atoms with van der Waals surface area (Å²) >= 11 is 1.82. The number of fused-ring (bicyclic) bond motifs is 4. The standard InChI is InChI=1S/C45H30N2S/c1-2-9-31(10-3-1)32-17-23-36(24-18-32)47(37-25-19-34(20-26-37)40-15-8-12-33-11-4-5-13-39(33)40)38-27-21-35(22-28-38)43-29-45-42(30-46-43)41-14-6-7-16-44(41)48-45/h1-30H. The summed E-state index contributed by atoms with van der Waals surface area (Å²) in [6.07, 6.45) is 2.02. The van der Waals surface area contributed by atoms with Crippen LogP contribution in [-0.2, 0) is 0 Å². The van der Waals surface area contributed by atoms with Crippen LogP contribution in [0.25, 0.3) is 64.5 Å². The van der Waals surface area contributed by atoms with Gasteiger partial charge >= 0.3 is 0 Å². The summed E-state index contributed by atoms with van der Waals surface area (Å²) in [5.74, 6) is 0. The van der Waals surface area contributed by atoms with E-state index in [2.05, 4.69) is 181 Å². The zero-order valence-electron chi connectivity index (χ0n) is 26.1. The van der Waals surface area contributed by atoms with E-state index >= 15 is 0 Å². The zero-order valence-corrected chi connectivity index (χ0v) is 26.9. The molecule has 0 aliphatic heterocycles. The van der Waals surface area contributed by atoms with E-state index in [0.29, 0.717) is 0 Å². The quantitative estimate of drug-likeness (QED) is 0.182. The molecule has 7 aromatic carbocycles. The van der Waals surface area contributed by atoms with Gasteiger partial charge in [-0.1, -0.05) is 127 Å². The van der Waals surface area contributed by atoms with Crippen molar-refractivity contribution in [3.05, 3.63) is 182 Å². The number of pyridine rings is 1. The summed E-state index contributed by atoms with van der Waals surface area (Å²) in [4.78, 5) is 7.21. The first kappa shape index (κ1) is 28.2. The van der Waals surface area contributed by atoms with Crippen molar-refractivity contribution in [2.75, 3.05) is 4.90 Å². The van der Waals surface area contributed by atoms with Gasteiger partial charge in [-0.3, -0.25) is 4.98 Å². The molecule has 0 saturated carbocycles. The Hall–Kier alpha value is -6.03. The maximum absolute atomic E-state index is 4.88. The van der Waals surface area contributed by atoms with Crippen LogP contribution in [0.15, 0.2) is 182 Å². The highest BCUT2D eigenvalue weighted by molar-refractivity contribution is 7.25. The van der Waals surface area contributed by atoms with Crippen molar-refractivity contribution in [1.29, 1.82) is 0 Å². The van der Waals surface area contributed by atoms with E-state index in [0.717, 1.165) is 28.3 Å².